The van der Waals surface area contributed by atoms with Crippen molar-refractivity contribution in [3.63, 3.8) is 0 Å². The first-order valence-corrected chi connectivity index (χ1v) is 7.09. The summed E-state index contributed by atoms with van der Waals surface area (Å²) in [5.41, 5.74) is 0. The molecule has 2 nitrogen and oxygen atoms in total. The Morgan fingerprint density at radius 2 is 2.00 bits per heavy atom. The summed E-state index contributed by atoms with van der Waals surface area (Å²) in [5, 5.41) is 3.63. The molecule has 0 aromatic rings. The quantitative estimate of drug-likeness (QED) is 0.642. The van der Waals surface area contributed by atoms with Gasteiger partial charge in [-0.05, 0) is 31.7 Å². The Morgan fingerprint density at radius 1 is 1.25 bits per heavy atom. The van der Waals surface area contributed by atoms with Crippen molar-refractivity contribution in [2.24, 2.45) is 5.92 Å². The lowest BCUT2D eigenvalue weighted by Gasteiger charge is -2.27. The van der Waals surface area contributed by atoms with Gasteiger partial charge in [0.25, 0.3) is 0 Å². The molecule has 1 N–H and O–H groups in total. The molecule has 0 aliphatic heterocycles. The maximum absolute atomic E-state index is 5.13. The van der Waals surface area contributed by atoms with E-state index >= 15 is 0 Å². The molecule has 2 heteroatoms. The minimum absolute atomic E-state index is 0.725. The zero-order valence-corrected chi connectivity index (χ0v) is 11.1. The van der Waals surface area contributed by atoms with Crippen LogP contribution in [-0.2, 0) is 4.74 Å². The van der Waals surface area contributed by atoms with E-state index in [1.807, 2.05) is 0 Å². The highest BCUT2D eigenvalue weighted by Gasteiger charge is 2.18. The molecule has 1 aliphatic carbocycles. The lowest BCUT2D eigenvalue weighted by atomic mass is 9.84. The molecular formula is C14H29NO. The van der Waals surface area contributed by atoms with E-state index in [0.29, 0.717) is 0 Å². The fraction of sp³-hybridized carbons (Fsp3) is 1.00. The first-order chi connectivity index (χ1) is 7.86. The Kier molecular flexibility index (Phi) is 7.87. The standard InChI is InChI=1S/C14H29NO/c1-3-15-14(10-7-11-16-2)12-13-8-5-4-6-9-13/h13-15H,3-12H2,1-2H3. The molecular weight excluding hydrogens is 198 g/mol. The van der Waals surface area contributed by atoms with E-state index in [-0.39, 0.29) is 0 Å². The number of methoxy groups -OCH3 is 1. The molecule has 1 rings (SSSR count). The summed E-state index contributed by atoms with van der Waals surface area (Å²) < 4.78 is 5.13. The SMILES string of the molecule is CCNC(CCCOC)CC1CCCCC1. The summed E-state index contributed by atoms with van der Waals surface area (Å²) >= 11 is 0. The van der Waals surface area contributed by atoms with Crippen LogP contribution in [0.3, 0.4) is 0 Å². The molecule has 1 aliphatic rings. The summed E-state index contributed by atoms with van der Waals surface area (Å²) in [5.74, 6) is 0.986. The predicted octanol–water partition coefficient (Wildman–Crippen LogP) is 3.36. The predicted molar refractivity (Wildman–Crippen MR) is 69.8 cm³/mol. The third-order valence-corrected chi connectivity index (χ3v) is 3.74. The van der Waals surface area contributed by atoms with Gasteiger partial charge in [0.15, 0.2) is 0 Å². The van der Waals surface area contributed by atoms with Gasteiger partial charge in [-0.2, -0.15) is 0 Å². The van der Waals surface area contributed by atoms with E-state index in [4.69, 9.17) is 4.74 Å². The van der Waals surface area contributed by atoms with Gasteiger partial charge in [0.2, 0.25) is 0 Å². The van der Waals surface area contributed by atoms with Crippen molar-refractivity contribution in [2.45, 2.75) is 64.3 Å². The van der Waals surface area contributed by atoms with Gasteiger partial charge in [-0.15, -0.1) is 0 Å². The average molecular weight is 227 g/mol. The van der Waals surface area contributed by atoms with Gasteiger partial charge in [-0.3, -0.25) is 0 Å². The largest absolute Gasteiger partial charge is 0.385 e. The number of nitrogens with one attached hydrogen (secondary N) is 1. The van der Waals surface area contributed by atoms with E-state index in [1.54, 1.807) is 7.11 Å². The van der Waals surface area contributed by atoms with Gasteiger partial charge in [-0.1, -0.05) is 39.0 Å². The van der Waals surface area contributed by atoms with E-state index in [0.717, 1.165) is 25.1 Å². The van der Waals surface area contributed by atoms with Crippen LogP contribution in [0.15, 0.2) is 0 Å². The first kappa shape index (κ1) is 14.0. The fourth-order valence-corrected chi connectivity index (χ4v) is 2.89. The van der Waals surface area contributed by atoms with Crippen LogP contribution in [-0.4, -0.2) is 26.3 Å². The zero-order chi connectivity index (χ0) is 11.6. The molecule has 0 heterocycles. The van der Waals surface area contributed by atoms with Gasteiger partial charge in [0.1, 0.15) is 0 Å². The van der Waals surface area contributed by atoms with Crippen molar-refractivity contribution in [3.05, 3.63) is 0 Å². The number of ether oxygens (including phenoxy) is 1. The smallest absolute Gasteiger partial charge is 0.0462 e. The molecule has 0 bridgehead atoms. The third kappa shape index (κ3) is 5.86. The van der Waals surface area contributed by atoms with Crippen LogP contribution in [0.4, 0.5) is 0 Å². The lowest BCUT2D eigenvalue weighted by Crippen LogP contribution is -2.31. The van der Waals surface area contributed by atoms with Crippen LogP contribution in [0.25, 0.3) is 0 Å². The molecule has 0 saturated heterocycles. The average Bonchev–Trinajstić information content (AvgIpc) is 2.31. The van der Waals surface area contributed by atoms with Crippen LogP contribution in [0.2, 0.25) is 0 Å². The van der Waals surface area contributed by atoms with Crippen LogP contribution >= 0.6 is 0 Å². The van der Waals surface area contributed by atoms with E-state index in [1.165, 1.54) is 51.4 Å². The maximum atomic E-state index is 5.13. The van der Waals surface area contributed by atoms with Gasteiger partial charge >= 0.3 is 0 Å². The van der Waals surface area contributed by atoms with Crippen LogP contribution in [0, 0.1) is 5.92 Å². The van der Waals surface area contributed by atoms with Gasteiger partial charge < -0.3 is 10.1 Å². The molecule has 0 spiro atoms. The molecule has 0 radical (unpaired) electrons. The topological polar surface area (TPSA) is 21.3 Å². The molecule has 0 aromatic carbocycles. The number of hydrogen-bond donors (Lipinski definition) is 1. The summed E-state index contributed by atoms with van der Waals surface area (Å²) in [4.78, 5) is 0. The molecule has 1 saturated carbocycles. The van der Waals surface area contributed by atoms with Crippen LogP contribution < -0.4 is 5.32 Å². The van der Waals surface area contributed by atoms with Crippen molar-refractivity contribution in [3.8, 4) is 0 Å². The normalized spacial score (nSPS) is 19.9. The Hall–Kier alpha value is -0.0800. The molecule has 1 fully saturated rings. The minimum atomic E-state index is 0.725. The third-order valence-electron chi connectivity index (χ3n) is 3.74. The molecule has 0 aromatic heterocycles. The maximum Gasteiger partial charge on any atom is 0.0462 e. The fourth-order valence-electron chi connectivity index (χ4n) is 2.89. The first-order valence-electron chi connectivity index (χ1n) is 7.09. The molecule has 96 valence electrons. The van der Waals surface area contributed by atoms with Gasteiger partial charge in [0, 0.05) is 19.8 Å². The van der Waals surface area contributed by atoms with E-state index in [9.17, 15) is 0 Å². The zero-order valence-electron chi connectivity index (χ0n) is 11.1. The van der Waals surface area contributed by atoms with Crippen LogP contribution in [0.1, 0.15) is 58.3 Å². The summed E-state index contributed by atoms with van der Waals surface area (Å²) in [6.45, 7) is 4.22. The molecule has 1 atom stereocenters. The highest BCUT2D eigenvalue weighted by atomic mass is 16.5. The highest BCUT2D eigenvalue weighted by molar-refractivity contribution is 4.74. The summed E-state index contributed by atoms with van der Waals surface area (Å²) in [6.07, 6.45) is 11.2. The molecule has 1 unspecified atom stereocenters. The van der Waals surface area contributed by atoms with Crippen molar-refractivity contribution >= 4 is 0 Å². The Labute approximate surface area is 101 Å². The summed E-state index contributed by atoms with van der Waals surface area (Å²) in [7, 11) is 1.80. The second-order valence-corrected chi connectivity index (χ2v) is 5.13. The number of rotatable bonds is 8. The van der Waals surface area contributed by atoms with Crippen molar-refractivity contribution in [1.29, 1.82) is 0 Å². The van der Waals surface area contributed by atoms with E-state index < -0.39 is 0 Å². The Bertz CT molecular complexity index is 155. The highest BCUT2D eigenvalue weighted by Crippen LogP contribution is 2.28. The van der Waals surface area contributed by atoms with Crippen LogP contribution in [0.5, 0.6) is 0 Å². The second-order valence-electron chi connectivity index (χ2n) is 5.13. The van der Waals surface area contributed by atoms with Gasteiger partial charge in [-0.25, -0.2) is 0 Å². The Morgan fingerprint density at radius 3 is 2.62 bits per heavy atom. The van der Waals surface area contributed by atoms with Gasteiger partial charge in [0.05, 0.1) is 0 Å². The van der Waals surface area contributed by atoms with Crippen molar-refractivity contribution < 1.29 is 4.74 Å². The molecule has 16 heavy (non-hydrogen) atoms. The Balaban J connectivity index is 2.19. The monoisotopic (exact) mass is 227 g/mol. The van der Waals surface area contributed by atoms with Crippen molar-refractivity contribution in [2.75, 3.05) is 20.3 Å². The second kappa shape index (κ2) is 9.00. The summed E-state index contributed by atoms with van der Waals surface area (Å²) in [6, 6.07) is 0.725. The number of hydrogen-bond acceptors (Lipinski definition) is 2. The lowest BCUT2D eigenvalue weighted by molar-refractivity contribution is 0.185. The van der Waals surface area contributed by atoms with E-state index in [2.05, 4.69) is 12.2 Å². The molecule has 0 amide bonds. The van der Waals surface area contributed by atoms with Crippen molar-refractivity contribution in [1.82, 2.24) is 5.32 Å². The minimum Gasteiger partial charge on any atom is -0.385 e.